The second-order valence-corrected chi connectivity index (χ2v) is 4.69. The number of imidazole rings is 1. The van der Waals surface area contributed by atoms with Crippen LogP contribution in [0.5, 0.6) is 0 Å². The van der Waals surface area contributed by atoms with Crippen molar-refractivity contribution in [2.24, 2.45) is 0 Å². The lowest BCUT2D eigenvalue weighted by Gasteiger charge is -2.24. The van der Waals surface area contributed by atoms with Crippen molar-refractivity contribution >= 4 is 11.6 Å². The summed E-state index contributed by atoms with van der Waals surface area (Å²) in [5.41, 5.74) is 2.67. The van der Waals surface area contributed by atoms with Crippen LogP contribution in [-0.2, 0) is 6.54 Å². The van der Waals surface area contributed by atoms with Crippen LogP contribution < -0.4 is 0 Å². The Morgan fingerprint density at radius 1 is 1.25 bits per heavy atom. The fourth-order valence-corrected chi connectivity index (χ4v) is 2.58. The highest BCUT2D eigenvalue weighted by molar-refractivity contribution is 6.30. The van der Waals surface area contributed by atoms with Gasteiger partial charge in [0.25, 0.3) is 0 Å². The Kier molecular flexibility index (Phi) is 2.44. The van der Waals surface area contributed by atoms with Crippen molar-refractivity contribution in [1.82, 2.24) is 9.55 Å². The van der Waals surface area contributed by atoms with Gasteiger partial charge < -0.3 is 4.57 Å². The largest absolute Gasteiger partial charge is 0.334 e. The summed E-state index contributed by atoms with van der Waals surface area (Å²) in [4.78, 5) is 4.23. The minimum Gasteiger partial charge on any atom is -0.334 e. The minimum absolute atomic E-state index is 0.480. The number of fused-ring (bicyclic) bond motifs is 1. The summed E-state index contributed by atoms with van der Waals surface area (Å²) in [6.45, 7) is 1.10. The molecule has 1 aromatic carbocycles. The van der Waals surface area contributed by atoms with Crippen LogP contribution in [0.4, 0.5) is 0 Å². The third-order valence-corrected chi connectivity index (χ3v) is 3.52. The van der Waals surface area contributed by atoms with Gasteiger partial charge in [-0.2, -0.15) is 0 Å². The first-order chi connectivity index (χ1) is 7.84. The van der Waals surface area contributed by atoms with Gasteiger partial charge in [-0.25, -0.2) is 4.98 Å². The standard InChI is InChI=1S/C13H13ClN2/c14-11-5-3-10(4-6-11)12-2-1-7-16-9-15-8-13(12)16/h3-6,8-9,12H,1-2,7H2. The quantitative estimate of drug-likeness (QED) is 0.736. The van der Waals surface area contributed by atoms with Crippen molar-refractivity contribution < 1.29 is 0 Å². The van der Waals surface area contributed by atoms with Crippen LogP contribution in [-0.4, -0.2) is 9.55 Å². The van der Waals surface area contributed by atoms with Crippen LogP contribution in [0.2, 0.25) is 5.02 Å². The lowest BCUT2D eigenvalue weighted by molar-refractivity contribution is 0.491. The molecule has 0 bridgehead atoms. The van der Waals surface area contributed by atoms with Gasteiger partial charge in [0.05, 0.1) is 6.33 Å². The summed E-state index contributed by atoms with van der Waals surface area (Å²) in [5, 5.41) is 0.799. The molecule has 0 aliphatic carbocycles. The van der Waals surface area contributed by atoms with Gasteiger partial charge in [-0.05, 0) is 30.5 Å². The second kappa shape index (κ2) is 3.95. The highest BCUT2D eigenvalue weighted by Crippen LogP contribution is 2.33. The molecule has 3 heteroatoms. The Morgan fingerprint density at radius 3 is 2.88 bits per heavy atom. The van der Waals surface area contributed by atoms with Crippen molar-refractivity contribution in [2.75, 3.05) is 0 Å². The SMILES string of the molecule is Clc1ccc(C2CCCn3cncc32)cc1. The molecule has 16 heavy (non-hydrogen) atoms. The number of nitrogens with zero attached hydrogens (tertiary/aromatic N) is 2. The molecule has 1 aromatic heterocycles. The summed E-state index contributed by atoms with van der Waals surface area (Å²) in [7, 11) is 0. The number of halogens is 1. The third kappa shape index (κ3) is 1.63. The molecule has 0 amide bonds. The molecule has 3 rings (SSSR count). The van der Waals surface area contributed by atoms with E-state index in [-0.39, 0.29) is 0 Å². The highest BCUT2D eigenvalue weighted by atomic mass is 35.5. The van der Waals surface area contributed by atoms with Crippen molar-refractivity contribution in [1.29, 1.82) is 0 Å². The highest BCUT2D eigenvalue weighted by Gasteiger charge is 2.21. The van der Waals surface area contributed by atoms with E-state index < -0.39 is 0 Å². The Morgan fingerprint density at radius 2 is 2.06 bits per heavy atom. The zero-order chi connectivity index (χ0) is 11.0. The van der Waals surface area contributed by atoms with E-state index in [4.69, 9.17) is 11.6 Å². The molecule has 0 spiro atoms. The van der Waals surface area contributed by atoms with E-state index in [1.54, 1.807) is 0 Å². The Bertz CT molecular complexity index is 487. The van der Waals surface area contributed by atoms with E-state index in [0.29, 0.717) is 5.92 Å². The van der Waals surface area contributed by atoms with E-state index in [1.807, 2.05) is 24.7 Å². The van der Waals surface area contributed by atoms with Crippen molar-refractivity contribution in [2.45, 2.75) is 25.3 Å². The molecule has 82 valence electrons. The Balaban J connectivity index is 2.00. The first-order valence-corrected chi connectivity index (χ1v) is 5.98. The predicted octanol–water partition coefficient (Wildman–Crippen LogP) is 3.46. The first kappa shape index (κ1) is 9.91. The molecule has 1 aliphatic rings. The molecule has 0 saturated heterocycles. The Labute approximate surface area is 99.9 Å². The number of hydrogen-bond donors (Lipinski definition) is 0. The first-order valence-electron chi connectivity index (χ1n) is 5.60. The summed E-state index contributed by atoms with van der Waals surface area (Å²) in [6.07, 6.45) is 6.33. The maximum Gasteiger partial charge on any atom is 0.0948 e. The molecule has 0 radical (unpaired) electrons. The zero-order valence-electron chi connectivity index (χ0n) is 8.94. The molecule has 1 atom stereocenters. The van der Waals surface area contributed by atoms with Crippen molar-refractivity contribution in [3.8, 4) is 0 Å². The number of aromatic nitrogens is 2. The number of rotatable bonds is 1. The number of benzene rings is 1. The van der Waals surface area contributed by atoms with Crippen LogP contribution in [0.3, 0.4) is 0 Å². The number of aryl methyl sites for hydroxylation is 1. The summed E-state index contributed by atoms with van der Waals surface area (Å²) >= 11 is 5.91. The summed E-state index contributed by atoms with van der Waals surface area (Å²) in [6, 6.07) is 8.17. The lowest BCUT2D eigenvalue weighted by Crippen LogP contribution is -2.15. The molecular weight excluding hydrogens is 220 g/mol. The van der Waals surface area contributed by atoms with E-state index >= 15 is 0 Å². The average molecular weight is 233 g/mol. The maximum atomic E-state index is 5.91. The van der Waals surface area contributed by atoms with E-state index in [9.17, 15) is 0 Å². The fourth-order valence-electron chi connectivity index (χ4n) is 2.45. The topological polar surface area (TPSA) is 17.8 Å². The van der Waals surface area contributed by atoms with Gasteiger partial charge in [0.15, 0.2) is 0 Å². The molecular formula is C13H13ClN2. The monoisotopic (exact) mass is 232 g/mol. The Hall–Kier alpha value is -1.28. The summed E-state index contributed by atoms with van der Waals surface area (Å²) < 4.78 is 2.25. The van der Waals surface area contributed by atoms with Crippen molar-refractivity contribution in [3.63, 3.8) is 0 Å². The third-order valence-electron chi connectivity index (χ3n) is 3.27. The molecule has 1 aliphatic heterocycles. The van der Waals surface area contributed by atoms with Gasteiger partial charge >= 0.3 is 0 Å². The molecule has 2 heterocycles. The van der Waals surface area contributed by atoms with Gasteiger partial charge in [-0.15, -0.1) is 0 Å². The molecule has 0 saturated carbocycles. The van der Waals surface area contributed by atoms with Crippen LogP contribution in [0.25, 0.3) is 0 Å². The van der Waals surface area contributed by atoms with Gasteiger partial charge in [0.2, 0.25) is 0 Å². The minimum atomic E-state index is 0.480. The van der Waals surface area contributed by atoms with E-state index in [2.05, 4.69) is 21.7 Å². The van der Waals surface area contributed by atoms with E-state index in [0.717, 1.165) is 11.6 Å². The van der Waals surface area contributed by atoms with Crippen molar-refractivity contribution in [3.05, 3.63) is 53.1 Å². The van der Waals surface area contributed by atoms with Crippen LogP contribution in [0.15, 0.2) is 36.8 Å². The van der Waals surface area contributed by atoms with E-state index in [1.165, 1.54) is 24.1 Å². The summed E-state index contributed by atoms with van der Waals surface area (Å²) in [5.74, 6) is 0.480. The molecule has 2 nitrogen and oxygen atoms in total. The maximum absolute atomic E-state index is 5.91. The van der Waals surface area contributed by atoms with Crippen LogP contribution in [0.1, 0.15) is 30.0 Å². The molecule has 1 unspecified atom stereocenters. The van der Waals surface area contributed by atoms with Crippen LogP contribution >= 0.6 is 11.6 Å². The van der Waals surface area contributed by atoms with Gasteiger partial charge in [-0.1, -0.05) is 23.7 Å². The average Bonchev–Trinajstić information content (AvgIpc) is 2.78. The smallest absolute Gasteiger partial charge is 0.0948 e. The van der Waals surface area contributed by atoms with Gasteiger partial charge in [-0.3, -0.25) is 0 Å². The second-order valence-electron chi connectivity index (χ2n) is 4.26. The van der Waals surface area contributed by atoms with Crippen LogP contribution in [0, 0.1) is 0 Å². The molecule has 0 fully saturated rings. The van der Waals surface area contributed by atoms with Gasteiger partial charge in [0.1, 0.15) is 0 Å². The lowest BCUT2D eigenvalue weighted by atomic mass is 9.89. The normalized spacial score (nSPS) is 19.4. The zero-order valence-corrected chi connectivity index (χ0v) is 9.69. The van der Waals surface area contributed by atoms with Gasteiger partial charge in [0, 0.05) is 29.4 Å². The predicted molar refractivity (Wildman–Crippen MR) is 64.8 cm³/mol. The number of hydrogen-bond acceptors (Lipinski definition) is 1. The molecule has 0 N–H and O–H groups in total. The fraction of sp³-hybridized carbons (Fsp3) is 0.308. The molecule has 2 aromatic rings.